The van der Waals surface area contributed by atoms with E-state index < -0.39 is 12.7 Å². The number of alkyl halides is 1. The molecular formula is C47H62BBr7ClCuN8O6S4-. The van der Waals surface area contributed by atoms with Gasteiger partial charge in [-0.1, -0.05) is 125 Å². The molecule has 0 fully saturated rings. The summed E-state index contributed by atoms with van der Waals surface area (Å²) in [7, 11) is -1.24. The minimum Gasteiger partial charge on any atom is -1.00 e. The number of nitrogens with two attached hydrogens (primary N) is 4. The average molecular weight is 1630 g/mol. The molecule has 0 atom stereocenters. The van der Waals surface area contributed by atoms with Crippen LogP contribution < -0.4 is 40.8 Å². The molecule has 0 spiro atoms. The summed E-state index contributed by atoms with van der Waals surface area (Å²) in [6.07, 6.45) is 0. The van der Waals surface area contributed by atoms with Crippen molar-refractivity contribution in [1.29, 1.82) is 0 Å². The van der Waals surface area contributed by atoms with Gasteiger partial charge in [-0.15, -0.1) is 55.9 Å². The Morgan fingerprint density at radius 1 is 0.720 bits per heavy atom. The normalized spacial score (nSPS) is 9.04. The van der Waals surface area contributed by atoms with Gasteiger partial charge in [0, 0.05) is 47.7 Å². The van der Waals surface area contributed by atoms with Crippen molar-refractivity contribution in [3.8, 4) is 10.6 Å². The van der Waals surface area contributed by atoms with Gasteiger partial charge in [-0.25, -0.2) is 15.0 Å². The molecule has 0 radical (unpaired) electrons. The molecule has 10 N–H and O–H groups in total. The first-order valence-corrected chi connectivity index (χ1v) is 31.8. The van der Waals surface area contributed by atoms with Gasteiger partial charge in [0.2, 0.25) is 0 Å². The Labute approximate surface area is 530 Å². The third-order valence-corrected chi connectivity index (χ3v) is 12.1. The van der Waals surface area contributed by atoms with Crippen LogP contribution in [0.4, 0.5) is 10.8 Å². The molecule has 3 heterocycles. The van der Waals surface area contributed by atoms with Crippen LogP contribution in [0.1, 0.15) is 61.5 Å². The van der Waals surface area contributed by atoms with Gasteiger partial charge in [0.1, 0.15) is 16.4 Å². The second-order valence-corrected chi connectivity index (χ2v) is 26.5. The number of thiazole rings is 3. The molecule has 0 saturated carbocycles. The number of aryl methyl sites for hydroxylation is 6. The first-order chi connectivity index (χ1) is 34.1. The zero-order valence-electron chi connectivity index (χ0n) is 42.4. The summed E-state index contributed by atoms with van der Waals surface area (Å²) in [6.45, 7) is 18.8. The summed E-state index contributed by atoms with van der Waals surface area (Å²) in [5.74, 6) is 0.171. The topological polar surface area (TPSA) is 248 Å². The number of ketones is 1. The van der Waals surface area contributed by atoms with Gasteiger partial charge in [-0.3, -0.25) is 14.9 Å². The maximum absolute atomic E-state index is 9.77. The molecule has 0 aliphatic rings. The van der Waals surface area contributed by atoms with Crippen molar-refractivity contribution < 1.29 is 48.5 Å². The third kappa shape index (κ3) is 54.0. The van der Waals surface area contributed by atoms with E-state index in [4.69, 9.17) is 21.7 Å². The summed E-state index contributed by atoms with van der Waals surface area (Å²) in [5.41, 5.74) is 28.9. The number of nitrogens with zero attached hydrogens (tertiary/aromatic N) is 4. The van der Waals surface area contributed by atoms with Crippen LogP contribution in [0.25, 0.3) is 10.6 Å². The molecule has 4 aromatic carbocycles. The Morgan fingerprint density at radius 2 is 1.08 bits per heavy atom. The van der Waals surface area contributed by atoms with Crippen molar-refractivity contribution >= 4 is 189 Å². The second-order valence-electron chi connectivity index (χ2n) is 15.0. The molecule has 421 valence electrons. The summed E-state index contributed by atoms with van der Waals surface area (Å²) < 4.78 is 3.17. The predicted octanol–water partition coefficient (Wildman–Crippen LogP) is 12.5. The van der Waals surface area contributed by atoms with Crippen molar-refractivity contribution in [1.82, 2.24) is 15.0 Å². The van der Waals surface area contributed by atoms with Gasteiger partial charge in [0.25, 0.3) is 0 Å². The molecule has 3 aromatic heterocycles. The molecular weight excluding hydrogens is 1570 g/mol. The van der Waals surface area contributed by atoms with Gasteiger partial charge < -0.3 is 45.2 Å². The minimum absolute atomic E-state index is 0. The van der Waals surface area contributed by atoms with Crippen molar-refractivity contribution in [3.63, 3.8) is 0 Å². The van der Waals surface area contributed by atoms with E-state index in [1.807, 2.05) is 87.0 Å². The number of carbonyl (C=O) groups is 1. The molecule has 0 unspecified atom stereocenters. The predicted molar refractivity (Wildman–Crippen MR) is 343 cm³/mol. The van der Waals surface area contributed by atoms with Crippen molar-refractivity contribution in [2.24, 2.45) is 16.8 Å². The third-order valence-electron chi connectivity index (χ3n) is 6.99. The molecule has 75 heavy (non-hydrogen) atoms. The zero-order chi connectivity index (χ0) is 56.5. The van der Waals surface area contributed by atoms with Crippen LogP contribution in [0.2, 0.25) is 0 Å². The van der Waals surface area contributed by atoms with Crippen LogP contribution in [0, 0.1) is 46.4 Å². The van der Waals surface area contributed by atoms with E-state index in [1.54, 1.807) is 55.6 Å². The van der Waals surface area contributed by atoms with Crippen LogP contribution >= 0.6 is 155 Å². The summed E-state index contributed by atoms with van der Waals surface area (Å²) in [4.78, 5) is 39.5. The van der Waals surface area contributed by atoms with Crippen molar-refractivity contribution in [2.75, 3.05) is 16.8 Å². The molecule has 7 aromatic rings. The smallest absolute Gasteiger partial charge is 1.00 e. The minimum atomic E-state index is -1.24. The Morgan fingerprint density at radius 3 is 1.31 bits per heavy atom. The first kappa shape index (κ1) is 82.1. The molecule has 7 rings (SSSR count). The molecule has 28 heteroatoms. The van der Waals surface area contributed by atoms with Crippen LogP contribution in [-0.2, 0) is 25.8 Å². The number of hydrogen-bond acceptors (Lipinski definition) is 16. The fourth-order valence-corrected chi connectivity index (χ4v) is 6.73. The Bertz CT molecular complexity index is 2340. The second kappa shape index (κ2) is 50.5. The number of halogens is 8. The Hall–Kier alpha value is -1.76. The summed E-state index contributed by atoms with van der Waals surface area (Å²) in [5, 5.41) is 27.6. The van der Waals surface area contributed by atoms with Crippen LogP contribution in [0.15, 0.2) is 131 Å². The number of thiocarbonyl (C=S) groups is 1. The first-order valence-electron chi connectivity index (χ1n) is 20.6. The Kier molecular flexibility index (Phi) is 55.2. The zero-order valence-corrected chi connectivity index (χ0v) is 58.6. The number of Topliss-reactive ketones (excluding diaryl/α,β-unsaturated/α-hetero) is 1. The standard InChI is InChI=1S/C11H11NS.C7H9BO3.C7H7Br.C6H6BrN.C4H4BrNS.C4H6N2S.C4H9NO2.C3H5BrO.CH4N2S.3BrH.ClH.Cu/c1-8-3-5-10(6-4-8)11-12-9(2)7-13-11;1-6-2-4-7(5-3-6)8(9)11-10;1-6-2-4-7(8)5-3-6;7-5-1-3-6(8)4-2-5;2*1-3-2-7-4(5)6-3;1-4(2,3)7-5-6;1-3(5)2-4;2-1(3)4;;;;;/h3-7H,1-2H3;2-5,9-10H,1H3;2-5H,1H3;1-4H,8H2;2H,1H3;2H,1H3,(H2,5,6);1-3H3;2H2,1H3;(H4,2,3,4);4*1H;/q;;;;;;;;;;;;;+2/p-3. The number of benzene rings is 4. The molecule has 0 bridgehead atoms. The fraction of sp³-hybridized carbons (Fsp3) is 0.255. The van der Waals surface area contributed by atoms with E-state index in [2.05, 4.69) is 201 Å². The number of hydrogen-bond donors (Lipinski definition) is 6. The quantitative estimate of drug-likeness (QED) is 0.0178. The van der Waals surface area contributed by atoms with Crippen molar-refractivity contribution in [3.05, 3.63) is 165 Å². The Balaban J connectivity index is -0.000000247. The SMILES string of the molecule is Br.CC(=O)CBr.CC(C)(C)ON=O.Cc1ccc(-c2nc(C)cs2)cc1.Cc1ccc(B(O)OO)cc1.Cc1ccc(Br)cc1.Cc1csc(Br)n1.Cc1csc(N)n1.NC(N)=S.Nc1ccc(Br)cc1.[Br][Cu][Br].[Cl-]. The number of rotatable bonds is 5. The van der Waals surface area contributed by atoms with Gasteiger partial charge in [0.15, 0.2) is 19.5 Å². The van der Waals surface area contributed by atoms with Gasteiger partial charge in [-0.05, 0) is 139 Å². The van der Waals surface area contributed by atoms with Gasteiger partial charge >= 0.3 is 46.7 Å². The monoisotopic (exact) mass is 1620 g/mol. The molecule has 0 aliphatic carbocycles. The van der Waals surface area contributed by atoms with E-state index >= 15 is 0 Å². The maximum Gasteiger partial charge on any atom is -1.00 e. The summed E-state index contributed by atoms with van der Waals surface area (Å²) in [6, 6.07) is 31.3. The maximum atomic E-state index is 9.77. The summed E-state index contributed by atoms with van der Waals surface area (Å²) >= 11 is 29.1. The molecule has 0 amide bonds. The largest absolute Gasteiger partial charge is 1.00 e. The number of aromatic nitrogens is 3. The van der Waals surface area contributed by atoms with Crippen molar-refractivity contribution in [2.45, 2.75) is 74.8 Å². The van der Waals surface area contributed by atoms with Gasteiger partial charge in [0.05, 0.1) is 11.0 Å². The molecule has 0 saturated heterocycles. The van der Waals surface area contributed by atoms with Crippen LogP contribution in [0.3, 0.4) is 0 Å². The van der Waals surface area contributed by atoms with E-state index in [0.29, 0.717) is 15.9 Å². The number of carbonyl (C=O) groups excluding carboxylic acids is 1. The molecule has 14 nitrogen and oxygen atoms in total. The van der Waals surface area contributed by atoms with E-state index in [-0.39, 0.29) is 40.3 Å². The van der Waals surface area contributed by atoms with Gasteiger partial charge in [-0.2, -0.15) is 0 Å². The van der Waals surface area contributed by atoms with Crippen LogP contribution in [0.5, 0.6) is 0 Å². The number of nitrogen functional groups attached to an aromatic ring is 2. The molecule has 0 aliphatic heterocycles. The van der Waals surface area contributed by atoms with E-state index in [0.717, 1.165) is 46.2 Å². The van der Waals surface area contributed by atoms with Crippen LogP contribution in [-0.4, -0.2) is 54.2 Å². The number of anilines is 2. The average Bonchev–Trinajstić information content (AvgIpc) is 4.06. The fourth-order valence-electron chi connectivity index (χ4n) is 3.78. The van der Waals surface area contributed by atoms with E-state index in [1.165, 1.54) is 46.3 Å². The van der Waals surface area contributed by atoms with E-state index in [9.17, 15) is 9.70 Å².